The van der Waals surface area contributed by atoms with E-state index < -0.39 is 44.8 Å². The Labute approximate surface area is 154 Å². The van der Waals surface area contributed by atoms with Crippen molar-refractivity contribution in [3.05, 3.63) is 35.9 Å². The number of carbonyl (C=O) groups excluding carboxylic acids is 2. The molecule has 7 nitrogen and oxygen atoms in total. The number of esters is 1. The first kappa shape index (κ1) is 22.0. The molecule has 0 saturated heterocycles. The number of hydrogen-bond acceptors (Lipinski definition) is 6. The Kier molecular flexibility index (Phi) is 8.63. The molecular formula is C18H26O7Si. The molecule has 2 N–H and O–H groups in total. The fourth-order valence-corrected chi connectivity index (χ4v) is 3.66. The zero-order valence-electron chi connectivity index (χ0n) is 15.3. The highest BCUT2D eigenvalue weighted by molar-refractivity contribution is 6.69. The van der Waals surface area contributed by atoms with E-state index >= 15 is 0 Å². The third-order valence-electron chi connectivity index (χ3n) is 3.61. The fraction of sp³-hybridized carbons (Fsp3) is 0.500. The van der Waals surface area contributed by atoms with Gasteiger partial charge in [-0.2, -0.15) is 0 Å². The molecule has 0 amide bonds. The van der Waals surface area contributed by atoms with E-state index in [-0.39, 0.29) is 13.0 Å². The van der Waals surface area contributed by atoms with E-state index in [0.717, 1.165) is 0 Å². The van der Waals surface area contributed by atoms with Crippen molar-refractivity contribution in [2.75, 3.05) is 6.61 Å². The van der Waals surface area contributed by atoms with Crippen LogP contribution in [0.2, 0.25) is 19.6 Å². The summed E-state index contributed by atoms with van der Waals surface area (Å²) in [6, 6.07) is 8.38. The Bertz CT molecular complexity index is 597. The van der Waals surface area contributed by atoms with E-state index in [1.165, 1.54) is 0 Å². The lowest BCUT2D eigenvalue weighted by Gasteiger charge is -2.33. The van der Waals surface area contributed by atoms with Crippen LogP contribution < -0.4 is 0 Å². The average Bonchev–Trinajstić information content (AvgIpc) is 2.56. The fourth-order valence-electron chi connectivity index (χ4n) is 2.50. The number of aldehydes is 1. The van der Waals surface area contributed by atoms with Crippen molar-refractivity contribution in [2.24, 2.45) is 5.92 Å². The number of carbonyl (C=O) groups is 3. The summed E-state index contributed by atoms with van der Waals surface area (Å²) in [5.74, 6) is -2.56. The Morgan fingerprint density at radius 1 is 1.19 bits per heavy atom. The van der Waals surface area contributed by atoms with Crippen molar-refractivity contribution in [3.8, 4) is 0 Å². The lowest BCUT2D eigenvalue weighted by atomic mass is 9.91. The second kappa shape index (κ2) is 10.2. The molecular weight excluding hydrogens is 356 g/mol. The monoisotopic (exact) mass is 382 g/mol. The molecule has 0 aliphatic rings. The molecule has 0 fully saturated rings. The summed E-state index contributed by atoms with van der Waals surface area (Å²) in [6.45, 7) is 5.51. The largest absolute Gasteiger partial charge is 0.481 e. The van der Waals surface area contributed by atoms with Gasteiger partial charge in [0.25, 0.3) is 0 Å². The van der Waals surface area contributed by atoms with Crippen LogP contribution in [0.1, 0.15) is 23.2 Å². The van der Waals surface area contributed by atoms with E-state index in [0.29, 0.717) is 11.8 Å². The minimum absolute atomic E-state index is 0.203. The maximum absolute atomic E-state index is 12.2. The molecule has 0 aliphatic carbocycles. The first-order valence-electron chi connectivity index (χ1n) is 8.37. The van der Waals surface area contributed by atoms with E-state index in [2.05, 4.69) is 0 Å². The standard InChI is InChI=1S/C18H26O7Si/c1-26(2,3)25-16(14(11-17(21)22)15(20)9-10-19)12-24-18(23)13-7-5-4-6-8-13/h4-8,10,14-16,20H,9,11-12H2,1-3H3,(H,21,22)/t14-,15-,16+/m0/s1. The first-order valence-corrected chi connectivity index (χ1v) is 11.8. The summed E-state index contributed by atoms with van der Waals surface area (Å²) in [4.78, 5) is 34.1. The first-order chi connectivity index (χ1) is 12.1. The van der Waals surface area contributed by atoms with Crippen LogP contribution >= 0.6 is 0 Å². The summed E-state index contributed by atoms with van der Waals surface area (Å²) < 4.78 is 11.3. The highest BCUT2D eigenvalue weighted by atomic mass is 28.4. The molecule has 0 saturated carbocycles. The molecule has 0 radical (unpaired) electrons. The molecule has 144 valence electrons. The number of aliphatic carboxylic acids is 1. The molecule has 0 spiro atoms. The summed E-state index contributed by atoms with van der Waals surface area (Å²) in [5.41, 5.74) is 0.363. The van der Waals surface area contributed by atoms with Gasteiger partial charge in [0.1, 0.15) is 12.9 Å². The van der Waals surface area contributed by atoms with Crippen molar-refractivity contribution < 1.29 is 33.8 Å². The predicted octanol–water partition coefficient (Wildman–Crippen LogP) is 2.10. The maximum Gasteiger partial charge on any atom is 0.338 e. The molecule has 0 unspecified atom stereocenters. The second-order valence-electron chi connectivity index (χ2n) is 6.96. The van der Waals surface area contributed by atoms with Crippen LogP contribution in [-0.4, -0.2) is 55.6 Å². The number of benzene rings is 1. The third kappa shape index (κ3) is 7.90. The number of rotatable bonds is 11. The Morgan fingerprint density at radius 3 is 2.31 bits per heavy atom. The molecule has 1 aromatic carbocycles. The minimum Gasteiger partial charge on any atom is -0.481 e. The van der Waals surface area contributed by atoms with Gasteiger partial charge in [-0.1, -0.05) is 18.2 Å². The minimum atomic E-state index is -2.14. The van der Waals surface area contributed by atoms with Gasteiger partial charge in [-0.25, -0.2) is 4.79 Å². The number of ether oxygens (including phenoxy) is 1. The van der Waals surface area contributed by atoms with Crippen molar-refractivity contribution in [3.63, 3.8) is 0 Å². The smallest absolute Gasteiger partial charge is 0.338 e. The molecule has 0 aromatic heterocycles. The predicted molar refractivity (Wildman–Crippen MR) is 97.4 cm³/mol. The van der Waals surface area contributed by atoms with Crippen molar-refractivity contribution >= 4 is 26.5 Å². The zero-order valence-corrected chi connectivity index (χ0v) is 16.3. The van der Waals surface area contributed by atoms with Gasteiger partial charge < -0.3 is 24.2 Å². The summed E-state index contributed by atoms with van der Waals surface area (Å²) in [7, 11) is -2.14. The van der Waals surface area contributed by atoms with Gasteiger partial charge in [-0.15, -0.1) is 0 Å². The topological polar surface area (TPSA) is 110 Å². The van der Waals surface area contributed by atoms with E-state index in [1.54, 1.807) is 30.3 Å². The van der Waals surface area contributed by atoms with Crippen LogP contribution in [-0.2, 0) is 18.8 Å². The molecule has 1 rings (SSSR count). The van der Waals surface area contributed by atoms with Gasteiger partial charge in [-0.05, 0) is 31.8 Å². The molecule has 8 heteroatoms. The Balaban J connectivity index is 2.94. The second-order valence-corrected chi connectivity index (χ2v) is 11.4. The van der Waals surface area contributed by atoms with Gasteiger partial charge >= 0.3 is 11.9 Å². The highest BCUT2D eigenvalue weighted by Gasteiger charge is 2.35. The lowest BCUT2D eigenvalue weighted by molar-refractivity contribution is -0.141. The quantitative estimate of drug-likeness (QED) is 0.342. The van der Waals surface area contributed by atoms with Crippen molar-refractivity contribution in [1.82, 2.24) is 0 Å². The molecule has 3 atom stereocenters. The van der Waals surface area contributed by atoms with Crippen LogP contribution in [0.3, 0.4) is 0 Å². The van der Waals surface area contributed by atoms with Crippen molar-refractivity contribution in [2.45, 2.75) is 44.7 Å². The van der Waals surface area contributed by atoms with Gasteiger partial charge in [0, 0.05) is 12.3 Å². The summed E-state index contributed by atoms with van der Waals surface area (Å²) in [6.07, 6.45) is -2.09. The van der Waals surface area contributed by atoms with E-state index in [1.807, 2.05) is 19.6 Å². The SMILES string of the molecule is C[Si](C)(C)O[C@H](COC(=O)c1ccccc1)[C@@H](CC(=O)O)[C@@H](O)CC=O. The number of aliphatic hydroxyl groups is 1. The zero-order chi connectivity index (χ0) is 19.7. The Morgan fingerprint density at radius 2 is 1.81 bits per heavy atom. The molecule has 0 aliphatic heterocycles. The molecule has 0 bridgehead atoms. The van der Waals surface area contributed by atoms with Crippen LogP contribution in [0.4, 0.5) is 0 Å². The van der Waals surface area contributed by atoms with Crippen molar-refractivity contribution in [1.29, 1.82) is 0 Å². The van der Waals surface area contributed by atoms with Crippen LogP contribution in [0.5, 0.6) is 0 Å². The summed E-state index contributed by atoms with van der Waals surface area (Å²) in [5, 5.41) is 19.4. The van der Waals surface area contributed by atoms with Gasteiger partial charge in [0.05, 0.1) is 24.2 Å². The number of aliphatic hydroxyl groups excluding tert-OH is 1. The van der Waals surface area contributed by atoms with E-state index in [4.69, 9.17) is 14.3 Å². The van der Waals surface area contributed by atoms with Crippen LogP contribution in [0.25, 0.3) is 0 Å². The number of carboxylic acid groups (broad SMARTS) is 1. The van der Waals surface area contributed by atoms with Gasteiger partial charge in [0.15, 0.2) is 8.32 Å². The van der Waals surface area contributed by atoms with Crippen LogP contribution in [0, 0.1) is 5.92 Å². The normalized spacial score (nSPS) is 14.9. The average molecular weight is 382 g/mol. The molecule has 1 aromatic rings. The lowest BCUT2D eigenvalue weighted by Crippen LogP contribution is -2.44. The van der Waals surface area contributed by atoms with Gasteiger partial charge in [0.2, 0.25) is 0 Å². The molecule has 26 heavy (non-hydrogen) atoms. The van der Waals surface area contributed by atoms with E-state index in [9.17, 15) is 19.5 Å². The number of carboxylic acids is 1. The third-order valence-corrected chi connectivity index (χ3v) is 4.62. The number of hydrogen-bond donors (Lipinski definition) is 2. The summed E-state index contributed by atoms with van der Waals surface area (Å²) >= 11 is 0. The van der Waals surface area contributed by atoms with Crippen LogP contribution in [0.15, 0.2) is 30.3 Å². The highest BCUT2D eigenvalue weighted by Crippen LogP contribution is 2.23. The Hall–Kier alpha value is -2.03. The maximum atomic E-state index is 12.2. The molecule has 0 heterocycles. The van der Waals surface area contributed by atoms with Gasteiger partial charge in [-0.3, -0.25) is 4.79 Å².